The van der Waals surface area contributed by atoms with Crippen LogP contribution in [0.15, 0.2) is 48.1 Å². The van der Waals surface area contributed by atoms with Crippen LogP contribution in [0.25, 0.3) is 43.9 Å². The first kappa shape index (κ1) is 24.1. The number of imidazole rings is 1. The SMILES string of the molecule is COc1cc(C(=O)N2CC3CCC2C3N)cc2nc(-c3cc4ccc(-c5cncs5)cc4n3CC3CC3)n(C)c12. The van der Waals surface area contributed by atoms with Gasteiger partial charge in [0.2, 0.25) is 0 Å². The zero-order chi connectivity index (χ0) is 27.1. The first-order chi connectivity index (χ1) is 19.5. The van der Waals surface area contributed by atoms with Gasteiger partial charge in [0.15, 0.2) is 5.82 Å². The average molecular weight is 553 g/mol. The summed E-state index contributed by atoms with van der Waals surface area (Å²) in [5.74, 6) is 2.65. The molecule has 5 aromatic rings. The van der Waals surface area contributed by atoms with Crippen molar-refractivity contribution < 1.29 is 9.53 Å². The molecule has 0 spiro atoms. The number of fused-ring (bicyclic) bond motifs is 4. The Kier molecular flexibility index (Phi) is 5.37. The molecule has 9 heteroatoms. The summed E-state index contributed by atoms with van der Waals surface area (Å²) >= 11 is 1.66. The average Bonchev–Trinajstić information content (AvgIpc) is 3.34. The molecule has 2 aromatic carbocycles. The second-order valence-corrected chi connectivity index (χ2v) is 12.6. The number of nitrogens with zero attached hydrogens (tertiary/aromatic N) is 5. The number of hydrogen-bond acceptors (Lipinski definition) is 6. The van der Waals surface area contributed by atoms with E-state index in [1.54, 1.807) is 18.4 Å². The van der Waals surface area contributed by atoms with E-state index in [0.29, 0.717) is 23.1 Å². The number of carbonyl (C=O) groups is 1. The lowest BCUT2D eigenvalue weighted by Crippen LogP contribution is -2.41. The van der Waals surface area contributed by atoms with Crippen molar-refractivity contribution >= 4 is 39.2 Å². The first-order valence-electron chi connectivity index (χ1n) is 14.1. The third-order valence-electron chi connectivity index (χ3n) is 9.30. The summed E-state index contributed by atoms with van der Waals surface area (Å²) in [4.78, 5) is 26.2. The van der Waals surface area contributed by atoms with Crippen molar-refractivity contribution in [2.24, 2.45) is 24.6 Å². The molecular weight excluding hydrogens is 520 g/mol. The molecule has 8 nitrogen and oxygen atoms in total. The van der Waals surface area contributed by atoms with Gasteiger partial charge < -0.3 is 24.5 Å². The largest absolute Gasteiger partial charge is 0.494 e. The number of ether oxygens (including phenoxy) is 1. The number of thiazole rings is 1. The topological polar surface area (TPSA) is 91.2 Å². The Bertz CT molecular complexity index is 1780. The van der Waals surface area contributed by atoms with Crippen LogP contribution in [0.5, 0.6) is 5.75 Å². The maximum atomic E-state index is 13.7. The highest BCUT2D eigenvalue weighted by Crippen LogP contribution is 2.41. The van der Waals surface area contributed by atoms with E-state index in [0.717, 1.165) is 48.5 Å². The Labute approximate surface area is 236 Å². The van der Waals surface area contributed by atoms with Crippen LogP contribution in [0.3, 0.4) is 0 Å². The Morgan fingerprint density at radius 3 is 2.73 bits per heavy atom. The van der Waals surface area contributed by atoms with Crippen LogP contribution in [0.1, 0.15) is 36.0 Å². The lowest BCUT2D eigenvalue weighted by Gasteiger charge is -2.27. The number of methoxy groups -OCH3 is 1. The molecule has 2 bridgehead atoms. The van der Waals surface area contributed by atoms with Gasteiger partial charge in [0.25, 0.3) is 5.91 Å². The number of carbonyl (C=O) groups excluding carboxylic acids is 1. The molecule has 1 saturated heterocycles. The highest BCUT2D eigenvalue weighted by molar-refractivity contribution is 7.13. The van der Waals surface area contributed by atoms with E-state index in [1.807, 2.05) is 35.8 Å². The van der Waals surface area contributed by atoms with Crippen molar-refractivity contribution in [3.63, 3.8) is 0 Å². The molecule has 8 rings (SSSR count). The zero-order valence-corrected chi connectivity index (χ0v) is 23.5. The summed E-state index contributed by atoms with van der Waals surface area (Å²) in [5, 5.41) is 1.19. The van der Waals surface area contributed by atoms with Gasteiger partial charge >= 0.3 is 0 Å². The second-order valence-electron chi connectivity index (χ2n) is 11.7. The third kappa shape index (κ3) is 3.64. The van der Waals surface area contributed by atoms with Crippen molar-refractivity contribution in [2.45, 2.75) is 44.3 Å². The van der Waals surface area contributed by atoms with Crippen LogP contribution in [-0.4, -0.2) is 55.6 Å². The van der Waals surface area contributed by atoms with E-state index in [1.165, 1.54) is 34.2 Å². The summed E-state index contributed by atoms with van der Waals surface area (Å²) in [5.41, 5.74) is 14.0. The Morgan fingerprint density at radius 1 is 1.15 bits per heavy atom. The minimum absolute atomic E-state index is 0.0218. The molecular formula is C31H32N6O2S. The summed E-state index contributed by atoms with van der Waals surface area (Å²) in [6, 6.07) is 12.9. The minimum atomic E-state index is 0.0218. The molecule has 1 aliphatic heterocycles. The maximum Gasteiger partial charge on any atom is 0.254 e. The van der Waals surface area contributed by atoms with E-state index in [4.69, 9.17) is 15.5 Å². The molecule has 204 valence electrons. The number of rotatable bonds is 6. The molecule has 40 heavy (non-hydrogen) atoms. The summed E-state index contributed by atoms with van der Waals surface area (Å²) in [7, 11) is 3.70. The highest BCUT2D eigenvalue weighted by Gasteiger charge is 2.47. The summed E-state index contributed by atoms with van der Waals surface area (Å²) in [6.45, 7) is 1.70. The van der Waals surface area contributed by atoms with Crippen molar-refractivity contribution in [3.8, 4) is 27.7 Å². The zero-order valence-electron chi connectivity index (χ0n) is 22.7. The van der Waals surface area contributed by atoms with Gasteiger partial charge in [-0.15, -0.1) is 11.3 Å². The van der Waals surface area contributed by atoms with Crippen molar-refractivity contribution in [1.29, 1.82) is 0 Å². The fourth-order valence-corrected chi connectivity index (χ4v) is 7.59. The third-order valence-corrected chi connectivity index (χ3v) is 10.1. The van der Waals surface area contributed by atoms with E-state index >= 15 is 0 Å². The minimum Gasteiger partial charge on any atom is -0.494 e. The van der Waals surface area contributed by atoms with Gasteiger partial charge in [-0.3, -0.25) is 9.78 Å². The number of nitrogens with two attached hydrogens (primary N) is 1. The van der Waals surface area contributed by atoms with Gasteiger partial charge in [-0.25, -0.2) is 4.98 Å². The summed E-state index contributed by atoms with van der Waals surface area (Å²) in [6.07, 6.45) is 6.55. The lowest BCUT2D eigenvalue weighted by molar-refractivity contribution is 0.0700. The number of aromatic nitrogens is 4. The normalized spacial score (nSPS) is 22.2. The Morgan fingerprint density at radius 2 is 2.02 bits per heavy atom. The molecule has 2 aliphatic carbocycles. The molecule has 3 aromatic heterocycles. The molecule has 3 fully saturated rings. The molecule has 1 amide bonds. The van der Waals surface area contributed by atoms with Crippen LogP contribution < -0.4 is 10.5 Å². The molecule has 3 unspecified atom stereocenters. The number of piperidine rings is 1. The van der Waals surface area contributed by atoms with E-state index < -0.39 is 0 Å². The Hall–Kier alpha value is -3.69. The van der Waals surface area contributed by atoms with Crippen molar-refractivity contribution in [2.75, 3.05) is 13.7 Å². The standard InChI is InChI=1S/C31H32N6O2S/c1-35-29-22(9-21(12-26(29)39-2)31(38)37-15-20-7-8-23(37)28(20)32)34-30(35)25-10-18-5-6-19(27-13-33-16-40-27)11-24(18)36(25)14-17-3-4-17/h5-6,9-13,16-17,20,23,28H,3-4,7-8,14-15,32H2,1-2H3. The number of aryl methyl sites for hydroxylation is 1. The Balaban J connectivity index is 1.25. The molecule has 2 N–H and O–H groups in total. The quantitative estimate of drug-likeness (QED) is 0.309. The van der Waals surface area contributed by atoms with Crippen LogP contribution in [-0.2, 0) is 13.6 Å². The van der Waals surface area contributed by atoms with Gasteiger partial charge in [0, 0.05) is 54.9 Å². The fraction of sp³-hybridized carbons (Fsp3) is 0.387. The van der Waals surface area contributed by atoms with Gasteiger partial charge in [-0.1, -0.05) is 12.1 Å². The number of amides is 1. The number of hydrogen-bond donors (Lipinski definition) is 1. The van der Waals surface area contributed by atoms with Crippen molar-refractivity contribution in [3.05, 3.63) is 53.7 Å². The van der Waals surface area contributed by atoms with Crippen molar-refractivity contribution in [1.82, 2.24) is 24.0 Å². The van der Waals surface area contributed by atoms with Crippen LogP contribution in [0.2, 0.25) is 0 Å². The maximum absolute atomic E-state index is 13.7. The van der Waals surface area contributed by atoms with Crippen LogP contribution in [0, 0.1) is 11.8 Å². The van der Waals surface area contributed by atoms with Gasteiger partial charge in [0.05, 0.1) is 28.7 Å². The first-order valence-corrected chi connectivity index (χ1v) is 15.0. The van der Waals surface area contributed by atoms with E-state index in [2.05, 4.69) is 38.4 Å². The molecule has 3 atom stereocenters. The number of likely N-dealkylation sites (tertiary alicyclic amines) is 1. The van der Waals surface area contributed by atoms with Gasteiger partial charge in [-0.05, 0) is 67.3 Å². The lowest BCUT2D eigenvalue weighted by atomic mass is 10.1. The summed E-state index contributed by atoms with van der Waals surface area (Å²) < 4.78 is 10.4. The molecule has 3 aliphatic rings. The molecule has 2 saturated carbocycles. The highest BCUT2D eigenvalue weighted by atomic mass is 32.1. The van der Waals surface area contributed by atoms with Crippen LogP contribution in [0.4, 0.5) is 0 Å². The number of benzene rings is 2. The van der Waals surface area contributed by atoms with Gasteiger partial charge in [0.1, 0.15) is 11.3 Å². The van der Waals surface area contributed by atoms with Gasteiger partial charge in [-0.2, -0.15) is 0 Å². The smallest absolute Gasteiger partial charge is 0.254 e. The van der Waals surface area contributed by atoms with E-state index in [9.17, 15) is 4.79 Å². The predicted molar refractivity (Wildman–Crippen MR) is 158 cm³/mol. The predicted octanol–water partition coefficient (Wildman–Crippen LogP) is 5.30. The monoisotopic (exact) mass is 552 g/mol. The second kappa shape index (κ2) is 8.91. The molecule has 4 heterocycles. The fourth-order valence-electron chi connectivity index (χ4n) is 6.97. The van der Waals surface area contributed by atoms with Crippen LogP contribution >= 0.6 is 11.3 Å². The molecule has 0 radical (unpaired) electrons. The van der Waals surface area contributed by atoms with E-state index in [-0.39, 0.29) is 18.0 Å².